The molecule has 1 aliphatic heterocycles. The van der Waals surface area contributed by atoms with Gasteiger partial charge >= 0.3 is 5.97 Å². The Bertz CT molecular complexity index is 1060. The van der Waals surface area contributed by atoms with Gasteiger partial charge in [-0.15, -0.1) is 0 Å². The molecule has 11 nitrogen and oxygen atoms in total. The molecule has 3 rings (SSSR count). The summed E-state index contributed by atoms with van der Waals surface area (Å²) in [5.41, 5.74) is 1.69. The van der Waals surface area contributed by atoms with Crippen LogP contribution < -0.4 is 15.5 Å². The van der Waals surface area contributed by atoms with Gasteiger partial charge in [0.25, 0.3) is 5.69 Å². The van der Waals surface area contributed by atoms with Gasteiger partial charge in [-0.25, -0.2) is 0 Å². The molecule has 0 saturated carbocycles. The Labute approximate surface area is 176 Å². The molecule has 1 aromatic carbocycles. The lowest BCUT2D eigenvalue weighted by atomic mass is 9.94. The van der Waals surface area contributed by atoms with Gasteiger partial charge < -0.3 is 20.4 Å². The molecular weight excluding hydrogens is 408 g/mol. The summed E-state index contributed by atoms with van der Waals surface area (Å²) in [5, 5.41) is 32.2. The predicted molar refractivity (Wildman–Crippen MR) is 107 cm³/mol. The molecule has 1 atom stereocenters. The first-order chi connectivity index (χ1) is 14.8. The monoisotopic (exact) mass is 430 g/mol. The van der Waals surface area contributed by atoms with Crippen molar-refractivity contribution < 1.29 is 29.6 Å². The van der Waals surface area contributed by atoms with Crippen molar-refractivity contribution in [1.29, 1.82) is 0 Å². The van der Waals surface area contributed by atoms with Crippen LogP contribution in [0, 0.1) is 16.0 Å². The standard InChI is InChI=1S/C20H22N4O7/c25-19(26)10-14-8-13-2-3-17(9-15(13)12-22-20(14)27)31-7-1-5-21-18-11-16(24(29)30)4-6-23(18)28/h2-4,6,9,11,14,28H,1,5,7-8,10,12H2,(H,22,27)(H,25,26). The second-order valence-corrected chi connectivity index (χ2v) is 7.08. The number of nitrogens with zero attached hydrogens (tertiary/aromatic N) is 3. The Morgan fingerprint density at radius 2 is 2.13 bits per heavy atom. The van der Waals surface area contributed by atoms with E-state index in [1.807, 2.05) is 12.1 Å². The summed E-state index contributed by atoms with van der Waals surface area (Å²) in [7, 11) is 0. The number of amides is 1. The van der Waals surface area contributed by atoms with Crippen molar-refractivity contribution in [2.24, 2.45) is 10.9 Å². The van der Waals surface area contributed by atoms with Crippen LogP contribution in [0.15, 0.2) is 41.5 Å². The zero-order valence-electron chi connectivity index (χ0n) is 16.6. The molecule has 0 aliphatic carbocycles. The summed E-state index contributed by atoms with van der Waals surface area (Å²) in [6, 6.07) is 7.78. The van der Waals surface area contributed by atoms with E-state index in [1.165, 1.54) is 12.1 Å². The number of rotatable bonds is 8. The maximum Gasteiger partial charge on any atom is 0.304 e. The average molecular weight is 430 g/mol. The molecule has 11 heteroatoms. The first kappa shape index (κ1) is 21.8. The number of aromatic nitrogens is 1. The zero-order valence-corrected chi connectivity index (χ0v) is 16.6. The van der Waals surface area contributed by atoms with E-state index < -0.39 is 16.8 Å². The number of carbonyl (C=O) groups excluding carboxylic acids is 1. The number of ether oxygens (including phenoxy) is 1. The summed E-state index contributed by atoms with van der Waals surface area (Å²) < 4.78 is 6.43. The van der Waals surface area contributed by atoms with Gasteiger partial charge in [-0.2, -0.15) is 4.73 Å². The van der Waals surface area contributed by atoms with Crippen LogP contribution in [0.5, 0.6) is 5.75 Å². The first-order valence-corrected chi connectivity index (χ1v) is 9.64. The molecule has 2 aromatic rings. The van der Waals surface area contributed by atoms with Crippen molar-refractivity contribution in [3.8, 4) is 5.75 Å². The Morgan fingerprint density at radius 3 is 2.87 bits per heavy atom. The van der Waals surface area contributed by atoms with E-state index in [1.54, 1.807) is 6.07 Å². The van der Waals surface area contributed by atoms with Crippen molar-refractivity contribution in [3.05, 3.63) is 63.3 Å². The fraction of sp³-hybridized carbons (Fsp3) is 0.350. The molecule has 164 valence electrons. The first-order valence-electron chi connectivity index (χ1n) is 9.64. The zero-order chi connectivity index (χ0) is 22.4. The highest BCUT2D eigenvalue weighted by Gasteiger charge is 2.26. The molecule has 0 saturated heterocycles. The number of fused-ring (bicyclic) bond motifs is 1. The van der Waals surface area contributed by atoms with Crippen molar-refractivity contribution in [2.45, 2.75) is 25.8 Å². The van der Waals surface area contributed by atoms with Gasteiger partial charge in [0, 0.05) is 25.6 Å². The SMILES string of the molecule is O=C(O)CC1Cc2ccc(OCCCN=c3cc([N+](=O)[O-])ccn3O)cc2CNC1=O. The van der Waals surface area contributed by atoms with Crippen molar-refractivity contribution in [1.82, 2.24) is 10.0 Å². The minimum absolute atomic E-state index is 0.0749. The second kappa shape index (κ2) is 9.74. The van der Waals surface area contributed by atoms with Crippen LogP contribution in [0.4, 0.5) is 5.69 Å². The van der Waals surface area contributed by atoms with Gasteiger partial charge in [0.2, 0.25) is 5.91 Å². The fourth-order valence-electron chi connectivity index (χ4n) is 3.27. The van der Waals surface area contributed by atoms with Crippen molar-refractivity contribution in [2.75, 3.05) is 13.2 Å². The van der Waals surface area contributed by atoms with E-state index in [4.69, 9.17) is 9.84 Å². The number of hydrogen-bond donors (Lipinski definition) is 3. The topological polar surface area (TPSA) is 156 Å². The largest absolute Gasteiger partial charge is 0.494 e. The van der Waals surface area contributed by atoms with E-state index in [-0.39, 0.29) is 23.5 Å². The highest BCUT2D eigenvalue weighted by atomic mass is 16.6. The molecule has 0 bridgehead atoms. The number of aliphatic carboxylic acids is 1. The van der Waals surface area contributed by atoms with E-state index >= 15 is 0 Å². The number of benzene rings is 1. The van der Waals surface area contributed by atoms with E-state index in [9.17, 15) is 24.9 Å². The maximum atomic E-state index is 12.1. The summed E-state index contributed by atoms with van der Waals surface area (Å²) in [6.45, 7) is 0.927. The molecule has 0 radical (unpaired) electrons. The Morgan fingerprint density at radius 1 is 1.32 bits per heavy atom. The molecule has 1 aromatic heterocycles. The summed E-state index contributed by atoms with van der Waals surface area (Å²) >= 11 is 0. The molecule has 2 heterocycles. The normalized spacial score (nSPS) is 16.2. The van der Waals surface area contributed by atoms with Crippen LogP contribution in [-0.2, 0) is 22.6 Å². The number of carboxylic acid groups (broad SMARTS) is 1. The average Bonchev–Trinajstić information content (AvgIpc) is 2.87. The molecule has 1 amide bonds. The number of hydrogen-bond acceptors (Lipinski definition) is 7. The summed E-state index contributed by atoms with van der Waals surface area (Å²) in [6.07, 6.45) is 1.81. The molecule has 0 fully saturated rings. The van der Waals surface area contributed by atoms with Gasteiger partial charge in [-0.05, 0) is 29.7 Å². The molecular formula is C20H22N4O7. The van der Waals surface area contributed by atoms with Gasteiger partial charge in [-0.3, -0.25) is 24.7 Å². The third kappa shape index (κ3) is 5.81. The lowest BCUT2D eigenvalue weighted by Crippen LogP contribution is -2.30. The minimum Gasteiger partial charge on any atom is -0.494 e. The molecule has 0 spiro atoms. The minimum atomic E-state index is -1.01. The summed E-state index contributed by atoms with van der Waals surface area (Å²) in [4.78, 5) is 37.4. The summed E-state index contributed by atoms with van der Waals surface area (Å²) in [5.74, 6) is -1.27. The lowest BCUT2D eigenvalue weighted by molar-refractivity contribution is -0.385. The molecule has 1 unspecified atom stereocenters. The van der Waals surface area contributed by atoms with E-state index in [2.05, 4.69) is 10.3 Å². The smallest absolute Gasteiger partial charge is 0.304 e. The Kier molecular flexibility index (Phi) is 6.85. The third-order valence-corrected chi connectivity index (χ3v) is 4.84. The Balaban J connectivity index is 1.57. The van der Waals surface area contributed by atoms with Crippen molar-refractivity contribution >= 4 is 17.6 Å². The predicted octanol–water partition coefficient (Wildman–Crippen LogP) is 1.27. The second-order valence-electron chi connectivity index (χ2n) is 7.08. The van der Waals surface area contributed by atoms with Gasteiger partial charge in [0.15, 0.2) is 5.49 Å². The van der Waals surface area contributed by atoms with E-state index in [0.29, 0.717) is 43.0 Å². The van der Waals surface area contributed by atoms with Gasteiger partial charge in [-0.1, -0.05) is 6.07 Å². The maximum absolute atomic E-state index is 12.1. The molecule has 31 heavy (non-hydrogen) atoms. The van der Waals surface area contributed by atoms with Crippen LogP contribution in [0.1, 0.15) is 24.0 Å². The number of nitro groups is 1. The van der Waals surface area contributed by atoms with Crippen LogP contribution in [0.25, 0.3) is 0 Å². The molecule has 1 aliphatic rings. The van der Waals surface area contributed by atoms with Crippen LogP contribution in [-0.4, -0.2) is 45.0 Å². The molecule has 3 N–H and O–H groups in total. The van der Waals surface area contributed by atoms with Crippen LogP contribution in [0.3, 0.4) is 0 Å². The Hall–Kier alpha value is -3.89. The van der Waals surface area contributed by atoms with Crippen molar-refractivity contribution in [3.63, 3.8) is 0 Å². The van der Waals surface area contributed by atoms with Gasteiger partial charge in [0.05, 0.1) is 36.1 Å². The highest BCUT2D eigenvalue weighted by Crippen LogP contribution is 2.24. The third-order valence-electron chi connectivity index (χ3n) is 4.84. The highest BCUT2D eigenvalue weighted by molar-refractivity contribution is 5.84. The van der Waals surface area contributed by atoms with Crippen LogP contribution >= 0.6 is 0 Å². The number of pyridine rings is 1. The lowest BCUT2D eigenvalue weighted by Gasteiger charge is -2.11. The number of carboxylic acids is 1. The quantitative estimate of drug-likeness (QED) is 0.246. The van der Waals surface area contributed by atoms with E-state index in [0.717, 1.165) is 17.3 Å². The fourth-order valence-corrected chi connectivity index (χ4v) is 3.27. The number of nitrogens with one attached hydrogen (secondary N) is 1. The van der Waals surface area contributed by atoms with Gasteiger partial charge in [0.1, 0.15) is 5.75 Å². The van der Waals surface area contributed by atoms with Crippen LogP contribution in [0.2, 0.25) is 0 Å². The number of carbonyl (C=O) groups is 2.